The Morgan fingerprint density at radius 3 is 2.45 bits per heavy atom. The van der Waals surface area contributed by atoms with E-state index in [1.54, 1.807) is 13.0 Å². The number of aliphatic carboxylic acids is 1. The van der Waals surface area contributed by atoms with Crippen LogP contribution in [-0.2, 0) is 9.59 Å². The molecule has 0 spiro atoms. The first-order valence-corrected chi connectivity index (χ1v) is 6.72. The average molecular weight is 299 g/mol. The number of hydrogen-bond donors (Lipinski definition) is 2. The summed E-state index contributed by atoms with van der Waals surface area (Å²) < 4.78 is 0. The lowest BCUT2D eigenvalue weighted by molar-refractivity contribution is -0.138. The zero-order chi connectivity index (χ0) is 15.3. The predicted octanol–water partition coefficient (Wildman–Crippen LogP) is 2.30. The molecule has 1 amide bonds. The molecule has 0 aromatic heterocycles. The number of nitrogens with zero attached hydrogens (tertiary/aromatic N) is 1. The molecule has 20 heavy (non-hydrogen) atoms. The minimum absolute atomic E-state index is 0.0203. The number of aryl methyl sites for hydroxylation is 2. The van der Waals surface area contributed by atoms with Crippen molar-refractivity contribution in [1.82, 2.24) is 4.90 Å². The van der Waals surface area contributed by atoms with Crippen LogP contribution in [0.4, 0.5) is 5.69 Å². The van der Waals surface area contributed by atoms with Crippen LogP contribution >= 0.6 is 11.6 Å². The van der Waals surface area contributed by atoms with Gasteiger partial charge in [0.05, 0.1) is 23.8 Å². The number of carboxylic acid groups (broad SMARTS) is 1. The van der Waals surface area contributed by atoms with Crippen molar-refractivity contribution >= 4 is 29.2 Å². The SMILES string of the molecule is CCN(CC(=O)O)CC(=O)Nc1c(C)cc(C)cc1Cl. The second-order valence-electron chi connectivity index (χ2n) is 4.68. The number of rotatable bonds is 6. The van der Waals surface area contributed by atoms with Gasteiger partial charge in [0.15, 0.2) is 0 Å². The Labute approximate surface area is 123 Å². The third-order valence-electron chi connectivity index (χ3n) is 2.87. The number of carboxylic acids is 1. The number of anilines is 1. The number of halogens is 1. The molecule has 0 saturated carbocycles. The van der Waals surface area contributed by atoms with Crippen LogP contribution in [0.25, 0.3) is 0 Å². The topological polar surface area (TPSA) is 69.6 Å². The van der Waals surface area contributed by atoms with Gasteiger partial charge in [0.25, 0.3) is 0 Å². The summed E-state index contributed by atoms with van der Waals surface area (Å²) in [6, 6.07) is 3.70. The first kappa shape index (κ1) is 16.5. The van der Waals surface area contributed by atoms with E-state index < -0.39 is 5.97 Å². The molecule has 0 aliphatic rings. The van der Waals surface area contributed by atoms with E-state index in [0.717, 1.165) is 11.1 Å². The van der Waals surface area contributed by atoms with Crippen LogP contribution in [-0.4, -0.2) is 41.5 Å². The van der Waals surface area contributed by atoms with Crippen molar-refractivity contribution in [1.29, 1.82) is 0 Å². The second-order valence-corrected chi connectivity index (χ2v) is 5.09. The van der Waals surface area contributed by atoms with Crippen LogP contribution in [0.1, 0.15) is 18.1 Å². The molecule has 0 aliphatic carbocycles. The molecular weight excluding hydrogens is 280 g/mol. The van der Waals surface area contributed by atoms with Crippen LogP contribution in [0, 0.1) is 13.8 Å². The zero-order valence-electron chi connectivity index (χ0n) is 11.9. The van der Waals surface area contributed by atoms with Crippen molar-refractivity contribution in [3.8, 4) is 0 Å². The largest absolute Gasteiger partial charge is 0.480 e. The smallest absolute Gasteiger partial charge is 0.317 e. The Bertz CT molecular complexity index is 494. The monoisotopic (exact) mass is 298 g/mol. The molecular formula is C14H19ClN2O3. The summed E-state index contributed by atoms with van der Waals surface area (Å²) in [6.07, 6.45) is 0. The molecule has 110 valence electrons. The van der Waals surface area contributed by atoms with Gasteiger partial charge < -0.3 is 10.4 Å². The van der Waals surface area contributed by atoms with E-state index in [0.29, 0.717) is 17.3 Å². The number of carbonyl (C=O) groups excluding carboxylic acids is 1. The van der Waals surface area contributed by atoms with E-state index in [1.807, 2.05) is 19.9 Å². The summed E-state index contributed by atoms with van der Waals surface area (Å²) in [7, 11) is 0. The Morgan fingerprint density at radius 1 is 1.30 bits per heavy atom. The number of benzene rings is 1. The molecule has 0 atom stereocenters. The Hall–Kier alpha value is -1.59. The van der Waals surface area contributed by atoms with Crippen molar-refractivity contribution in [3.63, 3.8) is 0 Å². The molecule has 5 nitrogen and oxygen atoms in total. The van der Waals surface area contributed by atoms with Crippen LogP contribution in [0.3, 0.4) is 0 Å². The van der Waals surface area contributed by atoms with Gasteiger partial charge >= 0.3 is 5.97 Å². The second kappa shape index (κ2) is 7.26. The van der Waals surface area contributed by atoms with Gasteiger partial charge in [-0.1, -0.05) is 24.6 Å². The van der Waals surface area contributed by atoms with Crippen LogP contribution in [0.2, 0.25) is 5.02 Å². The van der Waals surface area contributed by atoms with Gasteiger partial charge in [-0.2, -0.15) is 0 Å². The van der Waals surface area contributed by atoms with E-state index in [4.69, 9.17) is 16.7 Å². The highest BCUT2D eigenvalue weighted by Crippen LogP contribution is 2.27. The molecule has 2 N–H and O–H groups in total. The number of hydrogen-bond acceptors (Lipinski definition) is 3. The first-order chi connectivity index (χ1) is 9.33. The third kappa shape index (κ3) is 4.83. The highest BCUT2D eigenvalue weighted by Gasteiger charge is 2.14. The lowest BCUT2D eigenvalue weighted by atomic mass is 10.1. The molecule has 6 heteroatoms. The summed E-state index contributed by atoms with van der Waals surface area (Å²) in [4.78, 5) is 24.1. The fraction of sp³-hybridized carbons (Fsp3) is 0.429. The molecule has 0 fully saturated rings. The third-order valence-corrected chi connectivity index (χ3v) is 3.17. The standard InChI is InChI=1S/C14H19ClN2O3/c1-4-17(8-13(19)20)7-12(18)16-14-10(3)5-9(2)6-11(14)15/h5-6H,4,7-8H2,1-3H3,(H,16,18)(H,19,20). The first-order valence-electron chi connectivity index (χ1n) is 6.34. The van der Waals surface area contributed by atoms with Crippen molar-refractivity contribution in [2.24, 2.45) is 0 Å². The molecule has 1 rings (SSSR count). The average Bonchev–Trinajstić information content (AvgIpc) is 2.32. The van der Waals surface area contributed by atoms with Crippen LogP contribution < -0.4 is 5.32 Å². The Morgan fingerprint density at radius 2 is 1.95 bits per heavy atom. The Kier molecular flexibility index (Phi) is 5.98. The lowest BCUT2D eigenvalue weighted by Gasteiger charge is -2.18. The minimum Gasteiger partial charge on any atom is -0.480 e. The van der Waals surface area contributed by atoms with E-state index in [1.165, 1.54) is 4.90 Å². The van der Waals surface area contributed by atoms with Crippen molar-refractivity contribution in [3.05, 3.63) is 28.3 Å². The maximum Gasteiger partial charge on any atom is 0.317 e. The summed E-state index contributed by atoms with van der Waals surface area (Å²) in [5.41, 5.74) is 2.48. The number of nitrogens with one attached hydrogen (secondary N) is 1. The van der Waals surface area contributed by atoms with Gasteiger partial charge in [0.1, 0.15) is 0 Å². The van der Waals surface area contributed by atoms with Gasteiger partial charge in [0.2, 0.25) is 5.91 Å². The van der Waals surface area contributed by atoms with E-state index in [-0.39, 0.29) is 19.0 Å². The van der Waals surface area contributed by atoms with Gasteiger partial charge in [-0.15, -0.1) is 0 Å². The van der Waals surface area contributed by atoms with Gasteiger partial charge in [-0.25, -0.2) is 0 Å². The quantitative estimate of drug-likeness (QED) is 0.845. The minimum atomic E-state index is -0.954. The molecule has 0 heterocycles. The van der Waals surface area contributed by atoms with Crippen LogP contribution in [0.5, 0.6) is 0 Å². The molecule has 1 aromatic carbocycles. The van der Waals surface area contributed by atoms with E-state index in [9.17, 15) is 9.59 Å². The van der Waals surface area contributed by atoms with E-state index >= 15 is 0 Å². The van der Waals surface area contributed by atoms with Gasteiger partial charge in [-0.3, -0.25) is 14.5 Å². The highest BCUT2D eigenvalue weighted by molar-refractivity contribution is 6.34. The fourth-order valence-electron chi connectivity index (χ4n) is 1.93. The summed E-state index contributed by atoms with van der Waals surface area (Å²) in [5, 5.41) is 12.0. The number of amides is 1. The van der Waals surface area contributed by atoms with Crippen molar-refractivity contribution in [2.45, 2.75) is 20.8 Å². The van der Waals surface area contributed by atoms with Gasteiger partial charge in [0, 0.05) is 0 Å². The highest BCUT2D eigenvalue weighted by atomic mass is 35.5. The molecule has 0 radical (unpaired) electrons. The maximum absolute atomic E-state index is 11.9. The summed E-state index contributed by atoms with van der Waals surface area (Å²) in [5.74, 6) is -1.23. The molecule has 0 aliphatic heterocycles. The number of carbonyl (C=O) groups is 2. The molecule has 0 saturated heterocycles. The van der Waals surface area contributed by atoms with Gasteiger partial charge in [-0.05, 0) is 37.6 Å². The Balaban J connectivity index is 2.73. The van der Waals surface area contributed by atoms with E-state index in [2.05, 4.69) is 5.32 Å². The summed E-state index contributed by atoms with van der Waals surface area (Å²) >= 11 is 6.11. The molecule has 1 aromatic rings. The maximum atomic E-state index is 11.9. The summed E-state index contributed by atoms with van der Waals surface area (Å²) in [6.45, 7) is 5.94. The van der Waals surface area contributed by atoms with Crippen molar-refractivity contribution < 1.29 is 14.7 Å². The predicted molar refractivity (Wildman–Crippen MR) is 79.3 cm³/mol. The number of likely N-dealkylation sites (N-methyl/N-ethyl adjacent to an activating group) is 1. The van der Waals surface area contributed by atoms with Crippen LogP contribution in [0.15, 0.2) is 12.1 Å². The molecule has 0 bridgehead atoms. The lowest BCUT2D eigenvalue weighted by Crippen LogP contribution is -2.36. The van der Waals surface area contributed by atoms with Crippen molar-refractivity contribution in [2.75, 3.05) is 25.0 Å². The normalized spacial score (nSPS) is 10.7. The molecule has 0 unspecified atom stereocenters. The zero-order valence-corrected chi connectivity index (χ0v) is 12.6. The fourth-order valence-corrected chi connectivity index (χ4v) is 2.30.